The highest BCUT2D eigenvalue weighted by Crippen LogP contribution is 2.16. The number of para-hydroxylation sites is 1. The van der Waals surface area contributed by atoms with E-state index in [2.05, 4.69) is 10.2 Å². The van der Waals surface area contributed by atoms with E-state index in [1.807, 2.05) is 31.2 Å². The summed E-state index contributed by atoms with van der Waals surface area (Å²) in [5.74, 6) is 1.01. The Morgan fingerprint density at radius 3 is 2.83 bits per heavy atom. The minimum absolute atomic E-state index is 0.111. The second-order valence-corrected chi connectivity index (χ2v) is 5.88. The van der Waals surface area contributed by atoms with Crippen molar-refractivity contribution in [2.75, 3.05) is 46.0 Å². The summed E-state index contributed by atoms with van der Waals surface area (Å²) in [7, 11) is 0. The fraction of sp³-hybridized carbons (Fsp3) is 0.611. The number of rotatable bonds is 9. The second kappa shape index (κ2) is 10.2. The van der Waals surface area contributed by atoms with Gasteiger partial charge in [-0.3, -0.25) is 9.69 Å². The van der Waals surface area contributed by atoms with Crippen molar-refractivity contribution in [3.63, 3.8) is 0 Å². The molecule has 1 N–H and O–H groups in total. The minimum atomic E-state index is 0.111. The number of nitrogens with zero attached hydrogens (tertiary/aromatic N) is 1. The number of benzene rings is 1. The first kappa shape index (κ1) is 17.8. The predicted octanol–water partition coefficient (Wildman–Crippen LogP) is 1.99. The van der Waals surface area contributed by atoms with Crippen LogP contribution in [0.15, 0.2) is 24.3 Å². The van der Waals surface area contributed by atoms with Crippen LogP contribution in [0.3, 0.4) is 0 Å². The zero-order chi connectivity index (χ0) is 16.3. The Morgan fingerprint density at radius 1 is 1.26 bits per heavy atom. The van der Waals surface area contributed by atoms with Gasteiger partial charge in [-0.15, -0.1) is 0 Å². The quantitative estimate of drug-likeness (QED) is 0.707. The first-order valence-electron chi connectivity index (χ1n) is 8.51. The second-order valence-electron chi connectivity index (χ2n) is 5.88. The zero-order valence-electron chi connectivity index (χ0n) is 14.1. The number of carbonyl (C=O) groups is 1. The van der Waals surface area contributed by atoms with Gasteiger partial charge in [0.15, 0.2) is 0 Å². The molecule has 0 saturated carbocycles. The molecule has 0 atom stereocenters. The van der Waals surface area contributed by atoms with Gasteiger partial charge in [0.05, 0.1) is 19.8 Å². The van der Waals surface area contributed by atoms with Crippen molar-refractivity contribution >= 4 is 5.91 Å². The first-order chi connectivity index (χ1) is 11.3. The molecule has 1 aliphatic rings. The average Bonchev–Trinajstić information content (AvgIpc) is 2.58. The smallest absolute Gasteiger partial charge is 0.220 e. The van der Waals surface area contributed by atoms with Gasteiger partial charge in [0.1, 0.15) is 5.75 Å². The average molecular weight is 320 g/mol. The number of morpholine rings is 1. The minimum Gasteiger partial charge on any atom is -0.493 e. The van der Waals surface area contributed by atoms with Crippen molar-refractivity contribution in [1.29, 1.82) is 0 Å². The highest BCUT2D eigenvalue weighted by atomic mass is 16.5. The van der Waals surface area contributed by atoms with E-state index in [1.54, 1.807) is 0 Å². The van der Waals surface area contributed by atoms with Crippen LogP contribution in [-0.4, -0.2) is 56.8 Å². The molecule has 0 bridgehead atoms. The van der Waals surface area contributed by atoms with E-state index in [1.165, 1.54) is 0 Å². The molecule has 1 aliphatic heterocycles. The fourth-order valence-corrected chi connectivity index (χ4v) is 2.58. The summed E-state index contributed by atoms with van der Waals surface area (Å²) >= 11 is 0. The molecular weight excluding hydrogens is 292 g/mol. The summed E-state index contributed by atoms with van der Waals surface area (Å²) in [4.78, 5) is 14.2. The van der Waals surface area contributed by atoms with Gasteiger partial charge in [-0.25, -0.2) is 0 Å². The fourth-order valence-electron chi connectivity index (χ4n) is 2.58. The van der Waals surface area contributed by atoms with Crippen molar-refractivity contribution in [2.24, 2.45) is 0 Å². The van der Waals surface area contributed by atoms with Crippen LogP contribution in [0.25, 0.3) is 0 Å². The molecule has 2 rings (SSSR count). The molecule has 1 amide bonds. The van der Waals surface area contributed by atoms with Crippen LogP contribution < -0.4 is 10.1 Å². The van der Waals surface area contributed by atoms with Crippen LogP contribution in [0.1, 0.15) is 24.8 Å². The summed E-state index contributed by atoms with van der Waals surface area (Å²) in [5.41, 5.74) is 1.13. The largest absolute Gasteiger partial charge is 0.493 e. The lowest BCUT2D eigenvalue weighted by Gasteiger charge is -2.26. The molecule has 0 radical (unpaired) electrons. The third-order valence-electron chi connectivity index (χ3n) is 3.98. The Balaban J connectivity index is 1.47. The molecule has 0 aliphatic carbocycles. The van der Waals surface area contributed by atoms with Gasteiger partial charge < -0.3 is 14.8 Å². The third-order valence-corrected chi connectivity index (χ3v) is 3.98. The lowest BCUT2D eigenvalue weighted by Crippen LogP contribution is -2.38. The maximum atomic E-state index is 11.8. The summed E-state index contributed by atoms with van der Waals surface area (Å²) in [6.45, 7) is 8.03. The van der Waals surface area contributed by atoms with Gasteiger partial charge in [0.2, 0.25) is 5.91 Å². The molecule has 128 valence electrons. The Morgan fingerprint density at radius 2 is 2.04 bits per heavy atom. The van der Waals surface area contributed by atoms with Crippen molar-refractivity contribution < 1.29 is 14.3 Å². The maximum Gasteiger partial charge on any atom is 0.220 e. The number of ether oxygens (including phenoxy) is 2. The van der Waals surface area contributed by atoms with Crippen LogP contribution in [0.2, 0.25) is 0 Å². The number of carbonyl (C=O) groups excluding carboxylic acids is 1. The molecule has 1 fully saturated rings. The zero-order valence-corrected chi connectivity index (χ0v) is 14.1. The Hall–Kier alpha value is -1.59. The van der Waals surface area contributed by atoms with E-state index in [4.69, 9.17) is 9.47 Å². The van der Waals surface area contributed by atoms with E-state index >= 15 is 0 Å². The molecule has 1 aromatic rings. The lowest BCUT2D eigenvalue weighted by molar-refractivity contribution is -0.121. The van der Waals surface area contributed by atoms with Crippen LogP contribution in [0.5, 0.6) is 5.75 Å². The van der Waals surface area contributed by atoms with Crippen molar-refractivity contribution in [2.45, 2.75) is 26.2 Å². The Kier molecular flexibility index (Phi) is 7.90. The normalized spacial score (nSPS) is 15.3. The van der Waals surface area contributed by atoms with Gasteiger partial charge in [0.25, 0.3) is 0 Å². The molecule has 5 nitrogen and oxygen atoms in total. The van der Waals surface area contributed by atoms with E-state index in [-0.39, 0.29) is 5.91 Å². The number of aryl methyl sites for hydroxylation is 1. The predicted molar refractivity (Wildman–Crippen MR) is 90.8 cm³/mol. The van der Waals surface area contributed by atoms with Gasteiger partial charge in [-0.1, -0.05) is 18.2 Å². The summed E-state index contributed by atoms with van der Waals surface area (Å²) < 4.78 is 11.0. The number of nitrogens with one attached hydrogen (secondary N) is 1. The Bertz CT molecular complexity index is 473. The van der Waals surface area contributed by atoms with Crippen LogP contribution >= 0.6 is 0 Å². The molecule has 1 saturated heterocycles. The molecule has 5 heteroatoms. The Labute approximate surface area is 139 Å². The topological polar surface area (TPSA) is 50.8 Å². The van der Waals surface area contributed by atoms with Crippen LogP contribution in [0.4, 0.5) is 0 Å². The van der Waals surface area contributed by atoms with Gasteiger partial charge in [-0.2, -0.15) is 0 Å². The maximum absolute atomic E-state index is 11.8. The van der Waals surface area contributed by atoms with Gasteiger partial charge in [-0.05, 0) is 37.9 Å². The monoisotopic (exact) mass is 320 g/mol. The molecule has 1 aromatic carbocycles. The summed E-state index contributed by atoms with van der Waals surface area (Å²) in [5, 5.41) is 2.98. The highest BCUT2D eigenvalue weighted by Gasteiger charge is 2.09. The number of hydrogen-bond acceptors (Lipinski definition) is 4. The van der Waals surface area contributed by atoms with Crippen molar-refractivity contribution in [3.05, 3.63) is 29.8 Å². The third kappa shape index (κ3) is 7.01. The molecule has 0 aromatic heterocycles. The van der Waals surface area contributed by atoms with Crippen molar-refractivity contribution in [3.8, 4) is 5.75 Å². The molecule has 0 unspecified atom stereocenters. The van der Waals surface area contributed by atoms with E-state index in [0.29, 0.717) is 13.0 Å². The first-order valence-corrected chi connectivity index (χ1v) is 8.51. The van der Waals surface area contributed by atoms with Gasteiger partial charge in [0, 0.05) is 26.1 Å². The SMILES string of the molecule is Cc1ccccc1OCCCC(=O)NCCCN1CCOCC1. The molecule has 23 heavy (non-hydrogen) atoms. The molecule has 1 heterocycles. The molecular formula is C18H28N2O3. The van der Waals surface area contributed by atoms with Crippen molar-refractivity contribution in [1.82, 2.24) is 10.2 Å². The highest BCUT2D eigenvalue weighted by molar-refractivity contribution is 5.75. The number of hydrogen-bond donors (Lipinski definition) is 1. The van der Waals surface area contributed by atoms with Crippen LogP contribution in [-0.2, 0) is 9.53 Å². The van der Waals surface area contributed by atoms with E-state index < -0.39 is 0 Å². The standard InChI is InChI=1S/C18H28N2O3/c1-16-6-2-3-7-17(16)23-13-4-8-18(21)19-9-5-10-20-11-14-22-15-12-20/h2-3,6-7H,4-5,8-15H2,1H3,(H,19,21). The number of amides is 1. The molecule has 0 spiro atoms. The lowest BCUT2D eigenvalue weighted by atomic mass is 10.2. The summed E-state index contributed by atoms with van der Waals surface area (Å²) in [6.07, 6.45) is 2.25. The van der Waals surface area contributed by atoms with Crippen LogP contribution in [0, 0.1) is 6.92 Å². The van der Waals surface area contributed by atoms with E-state index in [9.17, 15) is 4.79 Å². The van der Waals surface area contributed by atoms with Gasteiger partial charge >= 0.3 is 0 Å². The summed E-state index contributed by atoms with van der Waals surface area (Å²) in [6, 6.07) is 7.94. The van der Waals surface area contributed by atoms with E-state index in [0.717, 1.165) is 63.5 Å².